The van der Waals surface area contributed by atoms with Crippen LogP contribution in [0.5, 0.6) is 0 Å². The van der Waals surface area contributed by atoms with Crippen LogP contribution in [0.1, 0.15) is 42.0 Å². The van der Waals surface area contributed by atoms with Gasteiger partial charge in [-0.3, -0.25) is 4.79 Å². The van der Waals surface area contributed by atoms with Gasteiger partial charge in [0.1, 0.15) is 0 Å². The Labute approximate surface area is 147 Å². The molecular formula is C21H30N2O. The Morgan fingerprint density at radius 3 is 2.71 bits per heavy atom. The number of benzene rings is 1. The average molecular weight is 326 g/mol. The van der Waals surface area contributed by atoms with E-state index in [-0.39, 0.29) is 8.76 Å². The standard InChI is InChI=1S/C21H26N2O.2H2/c1-14-4-5-15(2)19(12-14)21(24)23-18-8-6-17(7-9-18)20-13-22-11-10-16(20)3;;/h5-9,12,14,22H,4,10-11,13H2,1-3H3,(H,23,24);2*1H. The summed E-state index contributed by atoms with van der Waals surface area (Å²) in [4.78, 5) is 12.5. The Bertz CT molecular complexity index is 733. The number of carbonyl (C=O) groups is 1. The van der Waals surface area contributed by atoms with Gasteiger partial charge in [-0.2, -0.15) is 0 Å². The number of amides is 1. The summed E-state index contributed by atoms with van der Waals surface area (Å²) in [7, 11) is 0. The predicted molar refractivity (Wildman–Crippen MR) is 105 cm³/mol. The predicted octanol–water partition coefficient (Wildman–Crippen LogP) is 4.80. The fraction of sp³-hybridized carbons (Fsp3) is 0.381. The normalized spacial score (nSPS) is 21.2. The van der Waals surface area contributed by atoms with Crippen molar-refractivity contribution in [2.45, 2.75) is 33.6 Å². The van der Waals surface area contributed by atoms with Crippen molar-refractivity contribution in [1.82, 2.24) is 5.32 Å². The van der Waals surface area contributed by atoms with Crippen molar-refractivity contribution < 1.29 is 7.65 Å². The van der Waals surface area contributed by atoms with Crippen molar-refractivity contribution in [3.8, 4) is 0 Å². The first-order valence-corrected chi connectivity index (χ1v) is 8.74. The largest absolute Gasteiger partial charge is 0.322 e. The zero-order valence-corrected chi connectivity index (χ0v) is 14.8. The molecule has 3 rings (SSSR count). The van der Waals surface area contributed by atoms with Crippen molar-refractivity contribution in [3.63, 3.8) is 0 Å². The van der Waals surface area contributed by atoms with Gasteiger partial charge < -0.3 is 10.6 Å². The molecular weight excluding hydrogens is 296 g/mol. The molecule has 1 unspecified atom stereocenters. The maximum absolute atomic E-state index is 12.5. The average Bonchev–Trinajstić information content (AvgIpc) is 2.58. The number of allylic oxidation sites excluding steroid dienone is 2. The Kier molecular flexibility index (Phi) is 5.00. The van der Waals surface area contributed by atoms with Gasteiger partial charge in [-0.1, -0.05) is 36.8 Å². The van der Waals surface area contributed by atoms with Crippen molar-refractivity contribution in [2.75, 3.05) is 18.4 Å². The van der Waals surface area contributed by atoms with Gasteiger partial charge in [0.2, 0.25) is 0 Å². The molecule has 1 heterocycles. The maximum atomic E-state index is 12.5. The Morgan fingerprint density at radius 2 is 2.00 bits per heavy atom. The van der Waals surface area contributed by atoms with Gasteiger partial charge in [-0.25, -0.2) is 0 Å². The van der Waals surface area contributed by atoms with Crippen LogP contribution in [0.25, 0.3) is 5.57 Å². The highest BCUT2D eigenvalue weighted by atomic mass is 16.1. The smallest absolute Gasteiger partial charge is 0.255 e. The third-order valence-electron chi connectivity index (χ3n) is 4.90. The summed E-state index contributed by atoms with van der Waals surface area (Å²) in [6, 6.07) is 8.19. The highest BCUT2D eigenvalue weighted by Crippen LogP contribution is 2.26. The fourth-order valence-corrected chi connectivity index (χ4v) is 3.30. The van der Waals surface area contributed by atoms with Crippen LogP contribution in [-0.4, -0.2) is 19.0 Å². The molecule has 0 saturated heterocycles. The number of anilines is 1. The molecule has 1 aromatic rings. The third kappa shape index (κ3) is 3.68. The zero-order valence-electron chi connectivity index (χ0n) is 14.8. The minimum Gasteiger partial charge on any atom is -0.322 e. The van der Waals surface area contributed by atoms with E-state index in [4.69, 9.17) is 0 Å². The van der Waals surface area contributed by atoms with Crippen molar-refractivity contribution >= 4 is 17.2 Å². The molecule has 24 heavy (non-hydrogen) atoms. The topological polar surface area (TPSA) is 41.1 Å². The van der Waals surface area contributed by atoms with E-state index < -0.39 is 0 Å². The lowest BCUT2D eigenvalue weighted by Gasteiger charge is -2.20. The number of nitrogens with one attached hydrogen (secondary N) is 2. The molecule has 1 aliphatic carbocycles. The van der Waals surface area contributed by atoms with E-state index in [9.17, 15) is 4.79 Å². The molecule has 1 atom stereocenters. The van der Waals surface area contributed by atoms with E-state index in [2.05, 4.69) is 48.8 Å². The number of hydrogen-bond acceptors (Lipinski definition) is 2. The summed E-state index contributed by atoms with van der Waals surface area (Å²) >= 11 is 0. The number of hydrogen-bond donors (Lipinski definition) is 2. The number of carbonyl (C=O) groups excluding carboxylic acids is 1. The molecule has 3 nitrogen and oxygen atoms in total. The van der Waals surface area contributed by atoms with Crippen LogP contribution >= 0.6 is 0 Å². The molecule has 130 valence electrons. The lowest BCUT2D eigenvalue weighted by atomic mass is 9.92. The zero-order chi connectivity index (χ0) is 17.1. The molecule has 0 bridgehead atoms. The van der Waals surface area contributed by atoms with Gasteiger partial charge in [0, 0.05) is 20.7 Å². The lowest BCUT2D eigenvalue weighted by Crippen LogP contribution is -2.23. The second kappa shape index (κ2) is 7.18. The second-order valence-corrected chi connectivity index (χ2v) is 6.90. The highest BCUT2D eigenvalue weighted by molar-refractivity contribution is 6.07. The van der Waals surface area contributed by atoms with Gasteiger partial charge in [-0.15, -0.1) is 0 Å². The van der Waals surface area contributed by atoms with Crippen LogP contribution in [-0.2, 0) is 4.79 Å². The van der Waals surface area contributed by atoms with Crippen molar-refractivity contribution in [1.29, 1.82) is 0 Å². The summed E-state index contributed by atoms with van der Waals surface area (Å²) in [5.74, 6) is 0.406. The molecule has 3 heteroatoms. The second-order valence-electron chi connectivity index (χ2n) is 6.90. The van der Waals surface area contributed by atoms with Gasteiger partial charge in [0.15, 0.2) is 0 Å². The molecule has 2 N–H and O–H groups in total. The molecule has 0 saturated carbocycles. The Hall–Kier alpha value is -2.13. The van der Waals surface area contributed by atoms with Gasteiger partial charge in [0.25, 0.3) is 5.91 Å². The molecule has 1 aliphatic heterocycles. The van der Waals surface area contributed by atoms with Crippen LogP contribution in [0.2, 0.25) is 0 Å². The first kappa shape index (κ1) is 16.7. The lowest BCUT2D eigenvalue weighted by molar-refractivity contribution is -0.112. The molecule has 0 spiro atoms. The third-order valence-corrected chi connectivity index (χ3v) is 4.90. The first-order valence-electron chi connectivity index (χ1n) is 8.74. The molecule has 2 aliphatic rings. The van der Waals surface area contributed by atoms with Crippen molar-refractivity contribution in [3.05, 3.63) is 58.7 Å². The van der Waals surface area contributed by atoms with Crippen LogP contribution in [0, 0.1) is 5.92 Å². The monoisotopic (exact) mass is 326 g/mol. The summed E-state index contributed by atoms with van der Waals surface area (Å²) < 4.78 is 0. The van der Waals surface area contributed by atoms with Crippen molar-refractivity contribution in [2.24, 2.45) is 5.92 Å². The van der Waals surface area contributed by atoms with E-state index in [1.807, 2.05) is 19.1 Å². The molecule has 0 fully saturated rings. The summed E-state index contributed by atoms with van der Waals surface area (Å²) in [6.07, 6.45) is 6.33. The molecule has 0 radical (unpaired) electrons. The van der Waals surface area contributed by atoms with Gasteiger partial charge in [-0.05, 0) is 68.0 Å². The fourth-order valence-electron chi connectivity index (χ4n) is 3.30. The van der Waals surface area contributed by atoms with E-state index >= 15 is 0 Å². The Balaban J connectivity index is 0.00000169. The van der Waals surface area contributed by atoms with Gasteiger partial charge >= 0.3 is 0 Å². The highest BCUT2D eigenvalue weighted by Gasteiger charge is 2.17. The minimum absolute atomic E-state index is 0. The summed E-state index contributed by atoms with van der Waals surface area (Å²) in [6.45, 7) is 8.33. The quantitative estimate of drug-likeness (QED) is 0.838. The van der Waals surface area contributed by atoms with Crippen LogP contribution < -0.4 is 10.6 Å². The van der Waals surface area contributed by atoms with Crippen LogP contribution in [0.15, 0.2) is 53.1 Å². The summed E-state index contributed by atoms with van der Waals surface area (Å²) in [5, 5.41) is 6.45. The maximum Gasteiger partial charge on any atom is 0.255 e. The van der Waals surface area contributed by atoms with E-state index in [0.29, 0.717) is 5.92 Å². The van der Waals surface area contributed by atoms with Crippen LogP contribution in [0.3, 0.4) is 0 Å². The number of rotatable bonds is 3. The van der Waals surface area contributed by atoms with Gasteiger partial charge in [0.05, 0.1) is 0 Å². The summed E-state index contributed by atoms with van der Waals surface area (Å²) in [5.41, 5.74) is 6.77. The first-order chi connectivity index (χ1) is 11.5. The van der Waals surface area contributed by atoms with Crippen LogP contribution in [0.4, 0.5) is 5.69 Å². The SMILES string of the molecule is CC1=CCC(C)C=C1C(=O)Nc1ccc(C2=C(C)CCNC2)cc1.[HH].[HH]. The Morgan fingerprint density at radius 1 is 1.25 bits per heavy atom. The van der Waals surface area contributed by atoms with E-state index in [1.165, 1.54) is 16.7 Å². The van der Waals surface area contributed by atoms with E-state index in [1.54, 1.807) is 0 Å². The molecule has 1 aromatic carbocycles. The molecule has 0 aromatic heterocycles. The molecule has 1 amide bonds. The minimum atomic E-state index is -0.0159. The van der Waals surface area contributed by atoms with E-state index in [0.717, 1.165) is 42.8 Å².